The van der Waals surface area contributed by atoms with E-state index < -0.39 is 0 Å². The maximum Gasteiger partial charge on any atom is 0.101 e. The first-order valence-corrected chi connectivity index (χ1v) is 5.72. The summed E-state index contributed by atoms with van der Waals surface area (Å²) in [5.74, 6) is 0.693. The van der Waals surface area contributed by atoms with Gasteiger partial charge in [0.2, 0.25) is 0 Å². The lowest BCUT2D eigenvalue weighted by Gasteiger charge is -2.23. The van der Waals surface area contributed by atoms with Crippen molar-refractivity contribution in [3.05, 3.63) is 35.2 Å². The van der Waals surface area contributed by atoms with Crippen molar-refractivity contribution in [1.29, 1.82) is 0 Å². The lowest BCUT2D eigenvalue weighted by atomic mass is 9.91. The standard InChI is InChI=1S/C13H16FN/c1-15-8-10-6-12(15)7-13(10)9-3-2-4-11(14)5-9/h3,5,7,10,12H,2,4,6,8H2,1H3/t10-,12?/m1/s1. The van der Waals surface area contributed by atoms with Crippen LogP contribution in [0.3, 0.4) is 0 Å². The zero-order valence-electron chi connectivity index (χ0n) is 9.04. The first-order valence-electron chi connectivity index (χ1n) is 5.72. The number of allylic oxidation sites excluding steroid dienone is 4. The molecule has 15 heavy (non-hydrogen) atoms. The average Bonchev–Trinajstić information content (AvgIpc) is 2.76. The van der Waals surface area contributed by atoms with E-state index in [1.165, 1.54) is 12.0 Å². The Labute approximate surface area is 90.0 Å². The highest BCUT2D eigenvalue weighted by Gasteiger charge is 2.37. The van der Waals surface area contributed by atoms with E-state index in [4.69, 9.17) is 0 Å². The van der Waals surface area contributed by atoms with Crippen molar-refractivity contribution < 1.29 is 4.39 Å². The van der Waals surface area contributed by atoms with Crippen LogP contribution in [-0.4, -0.2) is 24.5 Å². The molecule has 0 amide bonds. The summed E-state index contributed by atoms with van der Waals surface area (Å²) in [6.45, 7) is 1.14. The van der Waals surface area contributed by atoms with Crippen LogP contribution in [0, 0.1) is 5.92 Å². The van der Waals surface area contributed by atoms with Gasteiger partial charge in [0, 0.05) is 19.0 Å². The highest BCUT2D eigenvalue weighted by Crippen LogP contribution is 2.41. The highest BCUT2D eigenvalue weighted by molar-refractivity contribution is 5.47. The highest BCUT2D eigenvalue weighted by atomic mass is 19.1. The molecule has 1 aliphatic heterocycles. The first kappa shape index (κ1) is 9.34. The SMILES string of the molecule is CN1C[C@H]2CC1C=C2C1=CCCC(F)=C1. The van der Waals surface area contributed by atoms with Crippen LogP contribution >= 0.6 is 0 Å². The fourth-order valence-electron chi connectivity index (χ4n) is 2.99. The fraction of sp³-hybridized carbons (Fsp3) is 0.538. The van der Waals surface area contributed by atoms with Crippen LogP contribution in [0.4, 0.5) is 4.39 Å². The molecule has 2 aliphatic carbocycles. The second-order valence-electron chi connectivity index (χ2n) is 4.85. The number of likely N-dealkylation sites (N-methyl/N-ethyl adjacent to an activating group) is 1. The van der Waals surface area contributed by atoms with E-state index in [1.807, 2.05) is 0 Å². The molecule has 0 spiro atoms. The van der Waals surface area contributed by atoms with Gasteiger partial charge in [-0.15, -0.1) is 0 Å². The molecular weight excluding hydrogens is 189 g/mol. The van der Waals surface area contributed by atoms with Gasteiger partial charge in [0.15, 0.2) is 0 Å². The Kier molecular flexibility index (Phi) is 2.06. The minimum atomic E-state index is 0.0459. The van der Waals surface area contributed by atoms with Gasteiger partial charge in [0.25, 0.3) is 0 Å². The van der Waals surface area contributed by atoms with Crippen LogP contribution in [0.5, 0.6) is 0 Å². The molecule has 2 heteroatoms. The van der Waals surface area contributed by atoms with E-state index in [0.29, 0.717) is 18.4 Å². The number of rotatable bonds is 1. The molecule has 1 heterocycles. The van der Waals surface area contributed by atoms with Crippen LogP contribution in [0.25, 0.3) is 0 Å². The first-order chi connectivity index (χ1) is 7.24. The molecule has 2 atom stereocenters. The third-order valence-electron chi connectivity index (χ3n) is 3.81. The monoisotopic (exact) mass is 205 g/mol. The Bertz CT molecular complexity index is 378. The van der Waals surface area contributed by atoms with Crippen molar-refractivity contribution in [2.75, 3.05) is 13.6 Å². The molecule has 3 rings (SSSR count). The van der Waals surface area contributed by atoms with Gasteiger partial charge in [-0.1, -0.05) is 12.2 Å². The topological polar surface area (TPSA) is 3.24 Å². The molecular formula is C13H16FN. The second-order valence-corrected chi connectivity index (χ2v) is 4.85. The molecule has 0 aromatic carbocycles. The molecule has 1 unspecified atom stereocenters. The number of likely N-dealkylation sites (tertiary alicyclic amines) is 1. The Morgan fingerprint density at radius 2 is 2.33 bits per heavy atom. The molecule has 0 aromatic rings. The summed E-state index contributed by atoms with van der Waals surface area (Å²) < 4.78 is 13.2. The third-order valence-corrected chi connectivity index (χ3v) is 3.81. The van der Waals surface area contributed by atoms with Gasteiger partial charge in [-0.05, 0) is 43.0 Å². The van der Waals surface area contributed by atoms with Crippen molar-refractivity contribution >= 4 is 0 Å². The van der Waals surface area contributed by atoms with Crippen molar-refractivity contribution in [3.8, 4) is 0 Å². The van der Waals surface area contributed by atoms with Crippen molar-refractivity contribution in [1.82, 2.24) is 4.90 Å². The summed E-state index contributed by atoms with van der Waals surface area (Å²) in [5.41, 5.74) is 2.55. The fourth-order valence-corrected chi connectivity index (χ4v) is 2.99. The molecule has 2 bridgehead atoms. The molecule has 3 aliphatic rings. The third kappa shape index (κ3) is 1.48. The zero-order valence-corrected chi connectivity index (χ0v) is 9.04. The number of nitrogens with zero attached hydrogens (tertiary/aromatic N) is 1. The second kappa shape index (κ2) is 3.31. The van der Waals surface area contributed by atoms with Crippen LogP contribution in [0.2, 0.25) is 0 Å². The van der Waals surface area contributed by atoms with E-state index in [2.05, 4.69) is 24.1 Å². The number of fused-ring (bicyclic) bond motifs is 2. The minimum Gasteiger partial charge on any atom is -0.299 e. The van der Waals surface area contributed by atoms with Crippen LogP contribution in [-0.2, 0) is 0 Å². The van der Waals surface area contributed by atoms with Gasteiger partial charge in [0.05, 0.1) is 0 Å². The normalized spacial score (nSPS) is 35.2. The van der Waals surface area contributed by atoms with Crippen molar-refractivity contribution in [2.45, 2.75) is 25.3 Å². The van der Waals surface area contributed by atoms with E-state index in [1.54, 1.807) is 6.08 Å². The van der Waals surface area contributed by atoms with Crippen LogP contribution in [0.1, 0.15) is 19.3 Å². The van der Waals surface area contributed by atoms with Gasteiger partial charge in [-0.3, -0.25) is 4.90 Å². The summed E-state index contributed by atoms with van der Waals surface area (Å²) in [5, 5.41) is 0. The van der Waals surface area contributed by atoms with Crippen LogP contribution in [0.15, 0.2) is 35.2 Å². The van der Waals surface area contributed by atoms with Gasteiger partial charge < -0.3 is 0 Å². The maximum atomic E-state index is 13.2. The van der Waals surface area contributed by atoms with Crippen molar-refractivity contribution in [2.24, 2.45) is 5.92 Å². The Balaban J connectivity index is 1.88. The van der Waals surface area contributed by atoms with Gasteiger partial charge in [0.1, 0.15) is 5.83 Å². The number of hydrogen-bond acceptors (Lipinski definition) is 1. The molecule has 1 nitrogen and oxygen atoms in total. The largest absolute Gasteiger partial charge is 0.299 e. The molecule has 80 valence electrons. The minimum absolute atomic E-state index is 0.0459. The molecule has 0 aromatic heterocycles. The quantitative estimate of drug-likeness (QED) is 0.636. The maximum absolute atomic E-state index is 13.2. The Morgan fingerprint density at radius 3 is 2.93 bits per heavy atom. The number of hydrogen-bond donors (Lipinski definition) is 0. The molecule has 0 saturated carbocycles. The molecule has 0 N–H and O–H groups in total. The molecule has 1 saturated heterocycles. The van der Waals surface area contributed by atoms with Gasteiger partial charge in [-0.2, -0.15) is 0 Å². The summed E-state index contributed by atoms with van der Waals surface area (Å²) in [6, 6.07) is 0.601. The summed E-state index contributed by atoms with van der Waals surface area (Å²) in [4.78, 5) is 2.39. The molecule has 0 radical (unpaired) electrons. The van der Waals surface area contributed by atoms with E-state index >= 15 is 0 Å². The smallest absolute Gasteiger partial charge is 0.101 e. The van der Waals surface area contributed by atoms with Crippen LogP contribution < -0.4 is 0 Å². The van der Waals surface area contributed by atoms with E-state index in [9.17, 15) is 4.39 Å². The Morgan fingerprint density at radius 1 is 1.47 bits per heavy atom. The van der Waals surface area contributed by atoms with Gasteiger partial charge in [-0.25, -0.2) is 4.39 Å². The molecule has 1 fully saturated rings. The average molecular weight is 205 g/mol. The number of halogens is 1. The van der Waals surface area contributed by atoms with E-state index in [0.717, 1.165) is 18.5 Å². The lowest BCUT2D eigenvalue weighted by Crippen LogP contribution is -2.26. The lowest BCUT2D eigenvalue weighted by molar-refractivity contribution is 0.341. The predicted molar refractivity (Wildman–Crippen MR) is 59.1 cm³/mol. The predicted octanol–water partition coefficient (Wildman–Crippen LogP) is 2.82. The summed E-state index contributed by atoms with van der Waals surface area (Å²) in [7, 11) is 2.17. The summed E-state index contributed by atoms with van der Waals surface area (Å²) >= 11 is 0. The van der Waals surface area contributed by atoms with E-state index in [-0.39, 0.29) is 5.83 Å². The van der Waals surface area contributed by atoms with Gasteiger partial charge >= 0.3 is 0 Å². The summed E-state index contributed by atoms with van der Waals surface area (Å²) in [6.07, 6.45) is 8.94. The zero-order chi connectivity index (χ0) is 10.4. The Hall–Kier alpha value is -0.890. The van der Waals surface area contributed by atoms with Crippen molar-refractivity contribution in [3.63, 3.8) is 0 Å².